The predicted molar refractivity (Wildman–Crippen MR) is 96.4 cm³/mol. The Bertz CT molecular complexity index is 723. The lowest BCUT2D eigenvalue weighted by Crippen LogP contribution is -2.40. The monoisotopic (exact) mass is 349 g/mol. The van der Waals surface area contributed by atoms with Crippen LogP contribution in [0.3, 0.4) is 0 Å². The number of halogens is 1. The third-order valence-corrected chi connectivity index (χ3v) is 4.02. The normalized spacial score (nSPS) is 11.8. The van der Waals surface area contributed by atoms with E-state index >= 15 is 0 Å². The first kappa shape index (κ1) is 18.5. The Morgan fingerprint density at radius 3 is 2.62 bits per heavy atom. The quantitative estimate of drug-likeness (QED) is 0.865. The summed E-state index contributed by atoms with van der Waals surface area (Å²) in [6.07, 6.45) is 0. The Labute approximate surface area is 148 Å². The van der Waals surface area contributed by atoms with Crippen LogP contribution >= 0.6 is 11.6 Å². The van der Waals surface area contributed by atoms with Crippen LogP contribution in [0.4, 0.5) is 0 Å². The van der Waals surface area contributed by atoms with Gasteiger partial charge in [0, 0.05) is 18.7 Å². The van der Waals surface area contributed by atoms with Crippen LogP contribution in [0.5, 0.6) is 0 Å². The zero-order valence-corrected chi connectivity index (χ0v) is 15.6. The summed E-state index contributed by atoms with van der Waals surface area (Å²) < 4.78 is 5.24. The van der Waals surface area contributed by atoms with E-state index in [1.54, 1.807) is 13.0 Å². The summed E-state index contributed by atoms with van der Waals surface area (Å²) in [4.78, 5) is 14.8. The van der Waals surface area contributed by atoms with Crippen molar-refractivity contribution in [1.29, 1.82) is 0 Å². The predicted octanol–water partition coefficient (Wildman–Crippen LogP) is 3.62. The van der Waals surface area contributed by atoms with Gasteiger partial charge in [-0.2, -0.15) is 0 Å². The molecule has 0 bridgehead atoms. The molecule has 2 aromatic rings. The summed E-state index contributed by atoms with van der Waals surface area (Å²) in [6.45, 7) is 7.38. The fraction of sp³-hybridized carbons (Fsp3) is 0.444. The number of carbonyl (C=O) groups excluding carboxylic acids is 1. The van der Waals surface area contributed by atoms with Crippen LogP contribution in [0.1, 0.15) is 30.0 Å². The van der Waals surface area contributed by atoms with E-state index in [1.807, 2.05) is 32.3 Å². The molecule has 0 aliphatic heterocycles. The molecule has 0 atom stereocenters. The van der Waals surface area contributed by atoms with Crippen molar-refractivity contribution in [2.45, 2.75) is 20.8 Å². The second-order valence-electron chi connectivity index (χ2n) is 7.03. The Balaban J connectivity index is 2.22. The molecule has 0 radical (unpaired) electrons. The van der Waals surface area contributed by atoms with Gasteiger partial charge in [-0.05, 0) is 32.5 Å². The second kappa shape index (κ2) is 7.36. The minimum absolute atomic E-state index is 0.0468. The average molecular weight is 350 g/mol. The van der Waals surface area contributed by atoms with Gasteiger partial charge in [0.1, 0.15) is 17.0 Å². The van der Waals surface area contributed by atoms with E-state index in [-0.39, 0.29) is 11.3 Å². The molecule has 0 aliphatic rings. The lowest BCUT2D eigenvalue weighted by Gasteiger charge is -2.28. The van der Waals surface area contributed by atoms with Gasteiger partial charge in [-0.3, -0.25) is 4.79 Å². The van der Waals surface area contributed by atoms with Crippen LogP contribution in [0.15, 0.2) is 28.8 Å². The number of aryl methyl sites for hydroxylation is 1. The maximum Gasteiger partial charge on any atom is 0.257 e. The zero-order chi connectivity index (χ0) is 17.9. The van der Waals surface area contributed by atoms with Crippen LogP contribution in [-0.4, -0.2) is 43.1 Å². The first-order valence-corrected chi connectivity index (χ1v) is 8.23. The molecule has 24 heavy (non-hydrogen) atoms. The van der Waals surface area contributed by atoms with Crippen molar-refractivity contribution in [2.75, 3.05) is 27.2 Å². The summed E-state index contributed by atoms with van der Waals surface area (Å²) in [6, 6.07) is 7.28. The molecule has 1 N–H and O–H groups in total. The number of amides is 1. The minimum atomic E-state index is -0.199. The van der Waals surface area contributed by atoms with Crippen molar-refractivity contribution >= 4 is 17.5 Å². The molecule has 1 amide bonds. The number of rotatable bonds is 6. The number of aromatic nitrogens is 1. The van der Waals surface area contributed by atoms with Gasteiger partial charge in [0.2, 0.25) is 0 Å². The number of carbonyl (C=O) groups is 1. The van der Waals surface area contributed by atoms with Crippen molar-refractivity contribution in [2.24, 2.45) is 5.41 Å². The van der Waals surface area contributed by atoms with Crippen molar-refractivity contribution in [3.8, 4) is 11.3 Å². The van der Waals surface area contributed by atoms with Gasteiger partial charge >= 0.3 is 0 Å². The van der Waals surface area contributed by atoms with E-state index in [9.17, 15) is 4.79 Å². The highest BCUT2D eigenvalue weighted by molar-refractivity contribution is 6.33. The Morgan fingerprint density at radius 1 is 1.33 bits per heavy atom. The molecule has 0 unspecified atom stereocenters. The van der Waals surface area contributed by atoms with E-state index in [1.165, 1.54) is 0 Å². The maximum atomic E-state index is 12.7. The van der Waals surface area contributed by atoms with E-state index in [0.717, 1.165) is 6.54 Å². The molecule has 1 heterocycles. The molecule has 2 rings (SSSR count). The third kappa shape index (κ3) is 4.36. The van der Waals surface area contributed by atoms with E-state index in [2.05, 4.69) is 29.2 Å². The highest BCUT2D eigenvalue weighted by atomic mass is 35.5. The van der Waals surface area contributed by atoms with Crippen LogP contribution in [0.25, 0.3) is 11.3 Å². The second-order valence-corrected chi connectivity index (χ2v) is 7.43. The minimum Gasteiger partial charge on any atom is -0.360 e. The van der Waals surface area contributed by atoms with Gasteiger partial charge in [-0.1, -0.05) is 48.8 Å². The van der Waals surface area contributed by atoms with Crippen molar-refractivity contribution in [3.63, 3.8) is 0 Å². The number of hydrogen-bond donors (Lipinski definition) is 1. The van der Waals surface area contributed by atoms with Gasteiger partial charge in [-0.25, -0.2) is 0 Å². The molecular weight excluding hydrogens is 326 g/mol. The first-order valence-electron chi connectivity index (χ1n) is 7.85. The molecule has 5 nitrogen and oxygen atoms in total. The van der Waals surface area contributed by atoms with Gasteiger partial charge in [0.15, 0.2) is 0 Å². The van der Waals surface area contributed by atoms with Crippen LogP contribution in [0.2, 0.25) is 5.02 Å². The molecule has 6 heteroatoms. The average Bonchev–Trinajstić information content (AvgIpc) is 2.86. The van der Waals surface area contributed by atoms with Crippen molar-refractivity contribution < 1.29 is 9.32 Å². The molecule has 0 saturated heterocycles. The highest BCUT2D eigenvalue weighted by Crippen LogP contribution is 2.31. The lowest BCUT2D eigenvalue weighted by molar-refractivity contribution is 0.0928. The highest BCUT2D eigenvalue weighted by Gasteiger charge is 2.25. The maximum absolute atomic E-state index is 12.7. The summed E-state index contributed by atoms with van der Waals surface area (Å²) in [7, 11) is 4.03. The van der Waals surface area contributed by atoms with Crippen LogP contribution < -0.4 is 5.32 Å². The summed E-state index contributed by atoms with van der Waals surface area (Å²) in [5, 5.41) is 7.56. The molecule has 0 spiro atoms. The van der Waals surface area contributed by atoms with E-state index in [0.29, 0.717) is 34.1 Å². The van der Waals surface area contributed by atoms with Gasteiger partial charge in [-0.15, -0.1) is 0 Å². The number of nitrogens with one attached hydrogen (secondary N) is 1. The number of benzene rings is 1. The van der Waals surface area contributed by atoms with Gasteiger partial charge in [0.05, 0.1) is 5.02 Å². The zero-order valence-electron chi connectivity index (χ0n) is 14.8. The molecule has 0 saturated carbocycles. The largest absolute Gasteiger partial charge is 0.360 e. The molecule has 0 aliphatic carbocycles. The summed E-state index contributed by atoms with van der Waals surface area (Å²) >= 11 is 6.23. The smallest absolute Gasteiger partial charge is 0.257 e. The molecule has 1 aromatic heterocycles. The van der Waals surface area contributed by atoms with Crippen LogP contribution in [0, 0.1) is 12.3 Å². The Kier molecular flexibility index (Phi) is 5.67. The van der Waals surface area contributed by atoms with E-state index < -0.39 is 0 Å². The third-order valence-electron chi connectivity index (χ3n) is 3.69. The first-order chi connectivity index (χ1) is 11.2. The summed E-state index contributed by atoms with van der Waals surface area (Å²) in [5.74, 6) is 0.281. The fourth-order valence-electron chi connectivity index (χ4n) is 2.80. The van der Waals surface area contributed by atoms with Crippen LogP contribution in [-0.2, 0) is 0 Å². The number of hydrogen-bond acceptors (Lipinski definition) is 4. The molecule has 0 fully saturated rings. The van der Waals surface area contributed by atoms with Crippen molar-refractivity contribution in [3.05, 3.63) is 40.6 Å². The SMILES string of the molecule is Cc1onc(-c2ccccc2Cl)c1C(=O)NCC(C)(C)CN(C)C. The number of nitrogens with zero attached hydrogens (tertiary/aromatic N) is 2. The Morgan fingerprint density at radius 2 is 2.00 bits per heavy atom. The fourth-order valence-corrected chi connectivity index (χ4v) is 3.02. The Hall–Kier alpha value is -1.85. The molecule has 1 aromatic carbocycles. The standard InChI is InChI=1S/C18H24ClN3O2/c1-12-15(17(23)20-10-18(2,3)11-22(4)5)16(21-24-12)13-8-6-7-9-14(13)19/h6-9H,10-11H2,1-5H3,(H,20,23). The van der Waals surface area contributed by atoms with E-state index in [4.69, 9.17) is 16.1 Å². The molecule has 130 valence electrons. The molecular formula is C18H24ClN3O2. The topological polar surface area (TPSA) is 58.4 Å². The van der Waals surface area contributed by atoms with Crippen molar-refractivity contribution in [1.82, 2.24) is 15.4 Å². The lowest BCUT2D eigenvalue weighted by atomic mass is 9.92. The van der Waals surface area contributed by atoms with Gasteiger partial charge < -0.3 is 14.7 Å². The van der Waals surface area contributed by atoms with Gasteiger partial charge in [0.25, 0.3) is 5.91 Å². The summed E-state index contributed by atoms with van der Waals surface area (Å²) in [5.41, 5.74) is 1.55.